The van der Waals surface area contributed by atoms with Crippen LogP contribution < -0.4 is 5.32 Å². The summed E-state index contributed by atoms with van der Waals surface area (Å²) >= 11 is 0. The average molecular weight is 276 g/mol. The van der Waals surface area contributed by atoms with Crippen LogP contribution in [0.25, 0.3) is 0 Å². The number of nitrogens with one attached hydrogen (secondary N) is 2. The summed E-state index contributed by atoms with van der Waals surface area (Å²) in [7, 11) is 0. The molecule has 0 aliphatic heterocycles. The molecule has 0 unspecified atom stereocenters. The normalized spacial score (nSPS) is 11.4. The molecular weight excluding hydrogens is 259 g/mol. The Morgan fingerprint density at radius 1 is 1.40 bits per heavy atom. The standard InChI is InChI=1S/C14H17FN4O/c1-14(2,3)11-7-10(18-19-11)13(20)17-8-9-4-5-16-12(15)6-9/h4-7H,8H2,1-3H3,(H,17,20)(H,18,19). The first-order valence-electron chi connectivity index (χ1n) is 6.31. The molecule has 5 nitrogen and oxygen atoms in total. The lowest BCUT2D eigenvalue weighted by atomic mass is 9.92. The maximum absolute atomic E-state index is 12.9. The molecule has 0 aliphatic carbocycles. The highest BCUT2D eigenvalue weighted by Gasteiger charge is 2.19. The highest BCUT2D eigenvalue weighted by atomic mass is 19.1. The van der Waals surface area contributed by atoms with Crippen LogP contribution in [0, 0.1) is 5.95 Å². The molecule has 0 atom stereocenters. The summed E-state index contributed by atoms with van der Waals surface area (Å²) < 4.78 is 12.9. The van der Waals surface area contributed by atoms with Crippen LogP contribution in [0.2, 0.25) is 0 Å². The van der Waals surface area contributed by atoms with Crippen molar-refractivity contribution in [3.63, 3.8) is 0 Å². The summed E-state index contributed by atoms with van der Waals surface area (Å²) in [5.41, 5.74) is 1.76. The molecule has 0 aliphatic rings. The van der Waals surface area contributed by atoms with Crippen LogP contribution in [-0.4, -0.2) is 21.1 Å². The maximum atomic E-state index is 12.9. The Hall–Kier alpha value is -2.24. The van der Waals surface area contributed by atoms with Crippen molar-refractivity contribution in [2.45, 2.75) is 32.7 Å². The van der Waals surface area contributed by atoms with Crippen molar-refractivity contribution in [2.24, 2.45) is 0 Å². The number of nitrogens with zero attached hydrogens (tertiary/aromatic N) is 2. The van der Waals surface area contributed by atoms with Crippen LogP contribution in [0.4, 0.5) is 4.39 Å². The Kier molecular flexibility index (Phi) is 3.83. The van der Waals surface area contributed by atoms with E-state index >= 15 is 0 Å². The molecule has 20 heavy (non-hydrogen) atoms. The van der Waals surface area contributed by atoms with Crippen molar-refractivity contribution in [2.75, 3.05) is 0 Å². The second-order valence-electron chi connectivity index (χ2n) is 5.59. The van der Waals surface area contributed by atoms with E-state index in [0.717, 1.165) is 5.69 Å². The zero-order chi connectivity index (χ0) is 14.8. The second-order valence-corrected chi connectivity index (χ2v) is 5.59. The topological polar surface area (TPSA) is 70.7 Å². The molecule has 2 aromatic heterocycles. The third-order valence-corrected chi connectivity index (χ3v) is 2.86. The number of halogens is 1. The molecular formula is C14H17FN4O. The first kappa shape index (κ1) is 14.2. The van der Waals surface area contributed by atoms with Crippen molar-refractivity contribution >= 4 is 5.91 Å². The third kappa shape index (κ3) is 3.40. The van der Waals surface area contributed by atoms with Crippen molar-refractivity contribution < 1.29 is 9.18 Å². The van der Waals surface area contributed by atoms with E-state index in [1.54, 1.807) is 12.1 Å². The molecule has 2 rings (SSSR count). The van der Waals surface area contributed by atoms with Crippen molar-refractivity contribution in [3.8, 4) is 0 Å². The minimum absolute atomic E-state index is 0.0975. The van der Waals surface area contributed by atoms with Gasteiger partial charge in [0.2, 0.25) is 5.95 Å². The largest absolute Gasteiger partial charge is 0.347 e. The number of carbonyl (C=O) groups is 1. The van der Waals surface area contributed by atoms with Crippen LogP contribution in [0.1, 0.15) is 42.5 Å². The maximum Gasteiger partial charge on any atom is 0.272 e. The molecule has 0 radical (unpaired) electrons. The van der Waals surface area contributed by atoms with E-state index in [1.165, 1.54) is 12.3 Å². The number of pyridine rings is 1. The number of hydrogen-bond acceptors (Lipinski definition) is 3. The molecule has 0 bridgehead atoms. The summed E-state index contributed by atoms with van der Waals surface area (Å²) in [6.07, 6.45) is 1.36. The smallest absolute Gasteiger partial charge is 0.272 e. The molecule has 0 aromatic carbocycles. The summed E-state index contributed by atoms with van der Waals surface area (Å²) in [6, 6.07) is 4.66. The number of rotatable bonds is 3. The van der Waals surface area contributed by atoms with Crippen molar-refractivity contribution in [3.05, 3.63) is 47.3 Å². The van der Waals surface area contributed by atoms with Gasteiger partial charge in [-0.15, -0.1) is 0 Å². The number of H-pyrrole nitrogens is 1. The van der Waals surface area contributed by atoms with Gasteiger partial charge in [-0.2, -0.15) is 9.49 Å². The van der Waals surface area contributed by atoms with E-state index in [4.69, 9.17) is 0 Å². The van der Waals surface area contributed by atoms with Gasteiger partial charge in [0.15, 0.2) is 0 Å². The number of aromatic nitrogens is 3. The molecule has 106 valence electrons. The fourth-order valence-electron chi connectivity index (χ4n) is 1.65. The monoisotopic (exact) mass is 276 g/mol. The van der Waals surface area contributed by atoms with Gasteiger partial charge in [0, 0.05) is 23.9 Å². The minimum Gasteiger partial charge on any atom is -0.347 e. The predicted octanol–water partition coefficient (Wildman–Crippen LogP) is 2.17. The summed E-state index contributed by atoms with van der Waals surface area (Å²) in [5.74, 6) is -0.861. The Balaban J connectivity index is 2.00. The zero-order valence-electron chi connectivity index (χ0n) is 11.7. The molecule has 2 heterocycles. The van der Waals surface area contributed by atoms with Gasteiger partial charge in [0.25, 0.3) is 5.91 Å². The second kappa shape index (κ2) is 5.40. The molecule has 2 N–H and O–H groups in total. The summed E-state index contributed by atoms with van der Waals surface area (Å²) in [6.45, 7) is 6.32. The Bertz CT molecular complexity index is 616. The molecule has 0 spiro atoms. The lowest BCUT2D eigenvalue weighted by Gasteiger charge is -2.14. The van der Waals surface area contributed by atoms with E-state index in [1.807, 2.05) is 20.8 Å². The Morgan fingerprint density at radius 2 is 2.15 bits per heavy atom. The van der Waals surface area contributed by atoms with Crippen molar-refractivity contribution in [1.82, 2.24) is 20.5 Å². The number of aromatic amines is 1. The Labute approximate surface area is 116 Å². The van der Waals surface area contributed by atoms with Gasteiger partial charge in [-0.05, 0) is 23.8 Å². The van der Waals surface area contributed by atoms with Gasteiger partial charge in [-0.1, -0.05) is 20.8 Å². The third-order valence-electron chi connectivity index (χ3n) is 2.86. The summed E-state index contributed by atoms with van der Waals surface area (Å²) in [4.78, 5) is 15.4. The van der Waals surface area contributed by atoms with Crippen LogP contribution in [-0.2, 0) is 12.0 Å². The van der Waals surface area contributed by atoms with E-state index in [-0.39, 0.29) is 17.9 Å². The molecule has 1 amide bonds. The molecule has 0 saturated carbocycles. The molecule has 6 heteroatoms. The van der Waals surface area contributed by atoms with Gasteiger partial charge < -0.3 is 5.32 Å². The first-order valence-corrected chi connectivity index (χ1v) is 6.31. The Morgan fingerprint density at radius 3 is 2.75 bits per heavy atom. The van der Waals surface area contributed by atoms with E-state index in [2.05, 4.69) is 20.5 Å². The van der Waals surface area contributed by atoms with E-state index < -0.39 is 5.95 Å². The number of carbonyl (C=O) groups excluding carboxylic acids is 1. The number of hydrogen-bond donors (Lipinski definition) is 2. The zero-order valence-corrected chi connectivity index (χ0v) is 11.7. The predicted molar refractivity (Wildman–Crippen MR) is 72.7 cm³/mol. The van der Waals surface area contributed by atoms with Crippen LogP contribution in [0.5, 0.6) is 0 Å². The average Bonchev–Trinajstić information content (AvgIpc) is 2.85. The molecule has 2 aromatic rings. The van der Waals surface area contributed by atoms with Crippen LogP contribution in [0.15, 0.2) is 24.4 Å². The lowest BCUT2D eigenvalue weighted by molar-refractivity contribution is 0.0946. The minimum atomic E-state index is -0.563. The number of amides is 1. The SMILES string of the molecule is CC(C)(C)c1cc(C(=O)NCc2ccnc(F)c2)n[nH]1. The molecule has 0 saturated heterocycles. The van der Waals surface area contributed by atoms with Gasteiger partial charge >= 0.3 is 0 Å². The highest BCUT2D eigenvalue weighted by Crippen LogP contribution is 2.20. The first-order chi connectivity index (χ1) is 9.36. The van der Waals surface area contributed by atoms with Crippen LogP contribution in [0.3, 0.4) is 0 Å². The van der Waals surface area contributed by atoms with Gasteiger partial charge in [0.05, 0.1) is 0 Å². The van der Waals surface area contributed by atoms with E-state index in [0.29, 0.717) is 11.3 Å². The van der Waals surface area contributed by atoms with Gasteiger partial charge in [0.1, 0.15) is 5.69 Å². The quantitative estimate of drug-likeness (QED) is 0.844. The fourth-order valence-corrected chi connectivity index (χ4v) is 1.65. The van der Waals surface area contributed by atoms with Gasteiger partial charge in [-0.3, -0.25) is 9.89 Å². The fraction of sp³-hybridized carbons (Fsp3) is 0.357. The van der Waals surface area contributed by atoms with Crippen molar-refractivity contribution in [1.29, 1.82) is 0 Å². The van der Waals surface area contributed by atoms with Crippen LogP contribution >= 0.6 is 0 Å². The van der Waals surface area contributed by atoms with E-state index in [9.17, 15) is 9.18 Å². The van der Waals surface area contributed by atoms with Gasteiger partial charge in [-0.25, -0.2) is 4.98 Å². The lowest BCUT2D eigenvalue weighted by Crippen LogP contribution is -2.23. The summed E-state index contributed by atoms with van der Waals surface area (Å²) in [5, 5.41) is 9.53. The molecule has 0 fully saturated rings. The highest BCUT2D eigenvalue weighted by molar-refractivity contribution is 5.92.